The van der Waals surface area contributed by atoms with Crippen molar-refractivity contribution in [2.75, 3.05) is 13.1 Å². The molecule has 2 N–H and O–H groups in total. The summed E-state index contributed by atoms with van der Waals surface area (Å²) in [5.41, 5.74) is 0.230. The van der Waals surface area contributed by atoms with E-state index in [-0.39, 0.29) is 21.7 Å². The van der Waals surface area contributed by atoms with Gasteiger partial charge in [0.1, 0.15) is 11.5 Å². The predicted molar refractivity (Wildman–Crippen MR) is 60.0 cm³/mol. The summed E-state index contributed by atoms with van der Waals surface area (Å²) in [5, 5.41) is 13.3. The molecule has 0 atom stereocenters. The van der Waals surface area contributed by atoms with Crippen LogP contribution in [0.25, 0.3) is 0 Å². The van der Waals surface area contributed by atoms with Crippen molar-refractivity contribution in [2.24, 2.45) is 4.99 Å². The summed E-state index contributed by atoms with van der Waals surface area (Å²) in [6, 6.07) is 2.23. The van der Waals surface area contributed by atoms with Gasteiger partial charge in [-0.1, -0.05) is 23.2 Å². The Morgan fingerprint density at radius 2 is 2.00 bits per heavy atom. The fraction of sp³-hybridized carbons (Fsp3) is 0.222. The molecule has 1 heterocycles. The van der Waals surface area contributed by atoms with Gasteiger partial charge in [0, 0.05) is 6.54 Å². The van der Waals surface area contributed by atoms with Crippen molar-refractivity contribution in [3.63, 3.8) is 0 Å². The molecule has 0 radical (unpaired) electrons. The Kier molecular flexibility index (Phi) is 3.18. The number of halogens is 3. The lowest BCUT2D eigenvalue weighted by Gasteiger charge is -2.09. The topological polar surface area (TPSA) is 47.9 Å². The molecular formula is C9H8Cl2FN3O. The minimum absolute atomic E-state index is 0.0969. The molecule has 4 nitrogen and oxygen atoms in total. The number of nitrogens with one attached hydrogen (secondary N) is 1. The second-order valence-electron chi connectivity index (χ2n) is 3.20. The Morgan fingerprint density at radius 3 is 2.50 bits per heavy atom. The maximum atomic E-state index is 12.9. The van der Waals surface area contributed by atoms with Gasteiger partial charge in [0.15, 0.2) is 0 Å². The molecule has 86 valence electrons. The van der Waals surface area contributed by atoms with E-state index in [1.54, 1.807) is 0 Å². The minimum atomic E-state index is -0.529. The highest BCUT2D eigenvalue weighted by molar-refractivity contribution is 6.38. The Morgan fingerprint density at radius 1 is 1.38 bits per heavy atom. The van der Waals surface area contributed by atoms with E-state index < -0.39 is 5.82 Å². The smallest absolute Gasteiger partial charge is 0.223 e. The normalized spacial score (nSPS) is 18.0. The third-order valence-corrected chi connectivity index (χ3v) is 2.63. The molecule has 0 aromatic heterocycles. The van der Waals surface area contributed by atoms with Crippen LogP contribution in [0, 0.1) is 5.82 Å². The SMILES string of the molecule is ON1CCN/C1=N\c1c(Cl)cc(F)cc1Cl. The van der Waals surface area contributed by atoms with Gasteiger partial charge in [0.05, 0.1) is 16.6 Å². The first-order valence-electron chi connectivity index (χ1n) is 4.51. The van der Waals surface area contributed by atoms with E-state index in [1.165, 1.54) is 0 Å². The maximum absolute atomic E-state index is 12.9. The molecule has 0 unspecified atom stereocenters. The number of aliphatic imine (C=N–C) groups is 1. The standard InChI is InChI=1S/C9H8Cl2FN3O/c10-6-3-5(12)4-7(11)8(6)14-9-13-1-2-15(9)16/h3-4,16H,1-2H2,(H,13,14). The van der Waals surface area contributed by atoms with Gasteiger partial charge in [-0.15, -0.1) is 0 Å². The van der Waals surface area contributed by atoms with Gasteiger partial charge in [0.25, 0.3) is 0 Å². The van der Waals surface area contributed by atoms with Crippen LogP contribution in [-0.2, 0) is 0 Å². The van der Waals surface area contributed by atoms with Gasteiger partial charge in [0.2, 0.25) is 5.96 Å². The fourth-order valence-corrected chi connectivity index (χ4v) is 1.86. The number of guanidine groups is 1. The molecule has 1 aliphatic heterocycles. The van der Waals surface area contributed by atoms with E-state index in [0.717, 1.165) is 17.2 Å². The second-order valence-corrected chi connectivity index (χ2v) is 4.02. The number of benzene rings is 1. The molecule has 0 aliphatic carbocycles. The first-order chi connectivity index (χ1) is 7.58. The third-order valence-electron chi connectivity index (χ3n) is 2.05. The molecule has 0 saturated carbocycles. The summed E-state index contributed by atoms with van der Waals surface area (Å²) in [4.78, 5) is 4.03. The number of nitrogens with zero attached hydrogens (tertiary/aromatic N) is 2. The fourth-order valence-electron chi connectivity index (χ4n) is 1.32. The molecule has 0 bridgehead atoms. The average molecular weight is 264 g/mol. The highest BCUT2D eigenvalue weighted by Crippen LogP contribution is 2.34. The molecule has 2 rings (SSSR count). The number of hydrogen-bond acceptors (Lipinski definition) is 2. The van der Waals surface area contributed by atoms with Gasteiger partial charge in [-0.05, 0) is 12.1 Å². The van der Waals surface area contributed by atoms with E-state index in [1.807, 2.05) is 0 Å². The van der Waals surface area contributed by atoms with Gasteiger partial charge < -0.3 is 5.32 Å². The van der Waals surface area contributed by atoms with Crippen LogP contribution in [0.4, 0.5) is 10.1 Å². The maximum Gasteiger partial charge on any atom is 0.223 e. The molecule has 1 fully saturated rings. The zero-order valence-electron chi connectivity index (χ0n) is 8.04. The summed E-state index contributed by atoms with van der Waals surface area (Å²) in [5.74, 6) is -0.283. The van der Waals surface area contributed by atoms with Gasteiger partial charge in [-0.2, -0.15) is 0 Å². The summed E-state index contributed by atoms with van der Waals surface area (Å²) in [6.45, 7) is 1.00. The molecular weight excluding hydrogens is 256 g/mol. The van der Waals surface area contributed by atoms with Crippen molar-refractivity contribution in [1.29, 1.82) is 0 Å². The monoisotopic (exact) mass is 263 g/mol. The summed E-state index contributed by atoms with van der Waals surface area (Å²) in [6.07, 6.45) is 0. The number of rotatable bonds is 1. The molecule has 1 aromatic carbocycles. The quantitative estimate of drug-likeness (QED) is 0.818. The molecule has 7 heteroatoms. The molecule has 1 saturated heterocycles. The van der Waals surface area contributed by atoms with E-state index in [0.29, 0.717) is 13.1 Å². The Bertz CT molecular complexity index is 429. The summed E-state index contributed by atoms with van der Waals surface area (Å²) >= 11 is 11.6. The number of hydroxylamine groups is 2. The number of hydrogen-bond donors (Lipinski definition) is 2. The average Bonchev–Trinajstić information content (AvgIpc) is 2.57. The van der Waals surface area contributed by atoms with Crippen molar-refractivity contribution >= 4 is 34.8 Å². The van der Waals surface area contributed by atoms with Crippen molar-refractivity contribution in [3.8, 4) is 0 Å². The zero-order chi connectivity index (χ0) is 11.7. The van der Waals surface area contributed by atoms with Crippen LogP contribution in [0.15, 0.2) is 17.1 Å². The molecule has 1 aromatic rings. The lowest BCUT2D eigenvalue weighted by atomic mass is 10.3. The molecule has 16 heavy (non-hydrogen) atoms. The van der Waals surface area contributed by atoms with E-state index in [2.05, 4.69) is 10.3 Å². The summed E-state index contributed by atoms with van der Waals surface area (Å²) in [7, 11) is 0. The second kappa shape index (κ2) is 4.45. The lowest BCUT2D eigenvalue weighted by molar-refractivity contribution is -0.00126. The molecule has 1 aliphatic rings. The zero-order valence-corrected chi connectivity index (χ0v) is 9.56. The highest BCUT2D eigenvalue weighted by Gasteiger charge is 2.17. The third kappa shape index (κ3) is 2.21. The van der Waals surface area contributed by atoms with Crippen LogP contribution in [0.1, 0.15) is 0 Å². The van der Waals surface area contributed by atoms with Crippen LogP contribution < -0.4 is 5.32 Å². The Labute approximate surface area is 101 Å². The van der Waals surface area contributed by atoms with Gasteiger partial charge >= 0.3 is 0 Å². The van der Waals surface area contributed by atoms with Gasteiger partial charge in [-0.25, -0.2) is 14.4 Å². The van der Waals surface area contributed by atoms with Crippen molar-refractivity contribution in [2.45, 2.75) is 0 Å². The first kappa shape index (κ1) is 11.4. The van der Waals surface area contributed by atoms with Gasteiger partial charge in [-0.3, -0.25) is 5.21 Å². The van der Waals surface area contributed by atoms with Crippen LogP contribution in [0.2, 0.25) is 10.0 Å². The van der Waals surface area contributed by atoms with E-state index in [4.69, 9.17) is 23.2 Å². The first-order valence-corrected chi connectivity index (χ1v) is 5.27. The molecule has 0 amide bonds. The van der Waals surface area contributed by atoms with Crippen LogP contribution in [0.5, 0.6) is 0 Å². The Balaban J connectivity index is 2.41. The van der Waals surface area contributed by atoms with Crippen molar-refractivity contribution < 1.29 is 9.60 Å². The van der Waals surface area contributed by atoms with Crippen LogP contribution >= 0.6 is 23.2 Å². The predicted octanol–water partition coefficient (Wildman–Crippen LogP) is 2.41. The van der Waals surface area contributed by atoms with Crippen LogP contribution in [0.3, 0.4) is 0 Å². The van der Waals surface area contributed by atoms with E-state index in [9.17, 15) is 9.60 Å². The van der Waals surface area contributed by atoms with E-state index >= 15 is 0 Å². The van der Waals surface area contributed by atoms with Crippen molar-refractivity contribution in [1.82, 2.24) is 10.4 Å². The minimum Gasteiger partial charge on any atom is -0.352 e. The Hall–Kier alpha value is -1.04. The van der Waals surface area contributed by atoms with Crippen LogP contribution in [-0.4, -0.2) is 29.3 Å². The molecule has 0 spiro atoms. The lowest BCUT2D eigenvalue weighted by Crippen LogP contribution is -2.26. The largest absolute Gasteiger partial charge is 0.352 e. The van der Waals surface area contributed by atoms with Crippen molar-refractivity contribution in [3.05, 3.63) is 28.0 Å². The highest BCUT2D eigenvalue weighted by atomic mass is 35.5. The summed E-state index contributed by atoms with van der Waals surface area (Å²) < 4.78 is 12.9.